The Hall–Kier alpha value is -1.64. The van der Waals surface area contributed by atoms with E-state index in [0.29, 0.717) is 5.69 Å². The number of para-hydroxylation sites is 1. The van der Waals surface area contributed by atoms with Gasteiger partial charge in [0.25, 0.3) is 0 Å². The van der Waals surface area contributed by atoms with Gasteiger partial charge >= 0.3 is 29.6 Å². The van der Waals surface area contributed by atoms with Gasteiger partial charge in [-0.2, -0.15) is 5.10 Å². The quantitative estimate of drug-likeness (QED) is 0.291. The van der Waals surface area contributed by atoms with Gasteiger partial charge in [0, 0.05) is 22.7 Å². The molecule has 3 aromatic rings. The minimum absolute atomic E-state index is 0. The fourth-order valence-corrected chi connectivity index (χ4v) is 2.54. The maximum Gasteiger partial charge on any atom is 1.00 e. The van der Waals surface area contributed by atoms with Crippen LogP contribution in [0.4, 0.5) is 5.69 Å². The number of H-pyrrole nitrogens is 1. The monoisotopic (exact) mass is 337 g/mol. The summed E-state index contributed by atoms with van der Waals surface area (Å²) in [7, 11) is -4.42. The number of hydrazone groups is 1. The van der Waals surface area contributed by atoms with Crippen molar-refractivity contribution in [2.75, 3.05) is 5.43 Å². The molecule has 2 aromatic carbocycles. The van der Waals surface area contributed by atoms with E-state index in [1.165, 1.54) is 24.3 Å². The fourth-order valence-electron chi connectivity index (χ4n) is 2.07. The predicted molar refractivity (Wildman–Crippen MR) is 83.9 cm³/mol. The number of benzene rings is 2. The van der Waals surface area contributed by atoms with Crippen molar-refractivity contribution in [3.05, 3.63) is 60.3 Å². The van der Waals surface area contributed by atoms with Gasteiger partial charge in [-0.1, -0.05) is 18.2 Å². The third-order valence-corrected chi connectivity index (χ3v) is 4.01. The van der Waals surface area contributed by atoms with Crippen molar-refractivity contribution >= 4 is 32.9 Å². The summed E-state index contributed by atoms with van der Waals surface area (Å²) in [6.07, 6.45) is 3.51. The molecule has 0 aliphatic carbocycles. The molecule has 0 saturated heterocycles. The SMILES string of the molecule is O=S(=O)([O-])c1ccc(N/N=C/c2c[nH]c3ccccc23)cc1.[Na+]. The van der Waals surface area contributed by atoms with Crippen LogP contribution in [0.2, 0.25) is 0 Å². The van der Waals surface area contributed by atoms with Crippen LogP contribution in [0.3, 0.4) is 0 Å². The first-order valence-corrected chi connectivity index (χ1v) is 7.86. The number of hydrogen-bond donors (Lipinski definition) is 2. The molecular formula is C15H12N3NaO3S. The Morgan fingerprint density at radius 2 is 1.78 bits per heavy atom. The van der Waals surface area contributed by atoms with Gasteiger partial charge in [0.2, 0.25) is 0 Å². The van der Waals surface area contributed by atoms with Crippen LogP contribution in [-0.2, 0) is 10.1 Å². The molecule has 0 fully saturated rings. The number of nitrogens with one attached hydrogen (secondary N) is 2. The van der Waals surface area contributed by atoms with Crippen LogP contribution in [0, 0.1) is 0 Å². The smallest absolute Gasteiger partial charge is 0.744 e. The zero-order valence-electron chi connectivity index (χ0n) is 12.4. The first-order chi connectivity index (χ1) is 10.5. The second-order valence-electron chi connectivity index (χ2n) is 4.64. The maximum atomic E-state index is 10.8. The summed E-state index contributed by atoms with van der Waals surface area (Å²) in [4.78, 5) is 2.88. The minimum Gasteiger partial charge on any atom is -0.744 e. The number of anilines is 1. The molecule has 0 bridgehead atoms. The van der Waals surface area contributed by atoms with Crippen LogP contribution >= 0.6 is 0 Å². The van der Waals surface area contributed by atoms with Crippen molar-refractivity contribution in [3.8, 4) is 0 Å². The molecule has 0 aliphatic heterocycles. The largest absolute Gasteiger partial charge is 1.00 e. The van der Waals surface area contributed by atoms with Crippen LogP contribution < -0.4 is 35.0 Å². The number of aromatic amines is 1. The molecule has 112 valence electrons. The number of aromatic nitrogens is 1. The standard InChI is InChI=1S/C15H13N3O3S.Na/c19-22(20,21)13-7-5-12(6-8-13)18-17-10-11-9-16-15-4-2-1-3-14(11)15;/h1-10,16,18H,(H,19,20,21);/q;+1/p-1/b17-10+;. The minimum atomic E-state index is -4.42. The fraction of sp³-hybridized carbons (Fsp3) is 0. The van der Waals surface area contributed by atoms with Crippen molar-refractivity contribution in [2.45, 2.75) is 4.90 Å². The summed E-state index contributed by atoms with van der Waals surface area (Å²) >= 11 is 0. The van der Waals surface area contributed by atoms with E-state index in [2.05, 4.69) is 15.5 Å². The molecule has 1 aromatic heterocycles. The van der Waals surface area contributed by atoms with E-state index >= 15 is 0 Å². The Bertz CT molecular complexity index is 934. The third-order valence-electron chi connectivity index (χ3n) is 3.16. The molecule has 6 nitrogen and oxygen atoms in total. The summed E-state index contributed by atoms with van der Waals surface area (Å²) in [6.45, 7) is 0. The van der Waals surface area contributed by atoms with E-state index in [1.807, 2.05) is 30.5 Å². The second-order valence-corrected chi connectivity index (χ2v) is 6.02. The molecule has 1 heterocycles. The molecule has 8 heteroatoms. The summed E-state index contributed by atoms with van der Waals surface area (Å²) in [6, 6.07) is 13.3. The average molecular weight is 337 g/mol. The van der Waals surface area contributed by atoms with E-state index < -0.39 is 10.1 Å². The molecule has 0 unspecified atom stereocenters. The molecule has 0 aliphatic rings. The van der Waals surface area contributed by atoms with Gasteiger partial charge in [-0.05, 0) is 30.3 Å². The van der Waals surface area contributed by atoms with Gasteiger partial charge in [0.05, 0.1) is 16.8 Å². The van der Waals surface area contributed by atoms with E-state index in [1.54, 1.807) is 6.21 Å². The number of hydrogen-bond acceptors (Lipinski definition) is 5. The summed E-state index contributed by atoms with van der Waals surface area (Å²) in [5.41, 5.74) is 5.33. The van der Waals surface area contributed by atoms with E-state index in [4.69, 9.17) is 0 Å². The van der Waals surface area contributed by atoms with Gasteiger partial charge in [0.1, 0.15) is 10.1 Å². The number of rotatable bonds is 4. The Labute approximate surface area is 155 Å². The van der Waals surface area contributed by atoms with E-state index in [-0.39, 0.29) is 34.5 Å². The van der Waals surface area contributed by atoms with Crippen LogP contribution in [0.5, 0.6) is 0 Å². The first-order valence-electron chi connectivity index (χ1n) is 6.45. The van der Waals surface area contributed by atoms with E-state index in [0.717, 1.165) is 16.5 Å². The molecule has 23 heavy (non-hydrogen) atoms. The molecule has 3 rings (SSSR count). The summed E-state index contributed by atoms with van der Waals surface area (Å²) in [5, 5.41) is 5.16. The van der Waals surface area contributed by atoms with Crippen molar-refractivity contribution in [1.82, 2.24) is 4.98 Å². The Balaban J connectivity index is 0.00000192. The van der Waals surface area contributed by atoms with Gasteiger partial charge in [-0.3, -0.25) is 5.43 Å². The van der Waals surface area contributed by atoms with Crippen molar-refractivity contribution in [2.24, 2.45) is 5.10 Å². The van der Waals surface area contributed by atoms with Gasteiger partial charge in [0.15, 0.2) is 0 Å². The summed E-state index contributed by atoms with van der Waals surface area (Å²) < 4.78 is 32.5. The number of fused-ring (bicyclic) bond motifs is 1. The Morgan fingerprint density at radius 3 is 2.48 bits per heavy atom. The molecule has 0 saturated carbocycles. The predicted octanol–water partition coefficient (Wildman–Crippen LogP) is -0.478. The zero-order chi connectivity index (χ0) is 15.6. The zero-order valence-corrected chi connectivity index (χ0v) is 15.2. The van der Waals surface area contributed by atoms with Crippen molar-refractivity contribution in [1.29, 1.82) is 0 Å². The van der Waals surface area contributed by atoms with E-state index in [9.17, 15) is 13.0 Å². The van der Waals surface area contributed by atoms with Crippen molar-refractivity contribution < 1.29 is 42.5 Å². The second kappa shape index (κ2) is 7.29. The van der Waals surface area contributed by atoms with Crippen LogP contribution in [-0.4, -0.2) is 24.2 Å². The molecule has 0 spiro atoms. The number of nitrogens with zero attached hydrogens (tertiary/aromatic N) is 1. The third kappa shape index (κ3) is 4.21. The molecular weight excluding hydrogens is 325 g/mol. The van der Waals surface area contributed by atoms with Crippen LogP contribution in [0.15, 0.2) is 64.7 Å². The summed E-state index contributed by atoms with van der Waals surface area (Å²) in [5.74, 6) is 0. The van der Waals surface area contributed by atoms with Gasteiger partial charge in [-0.25, -0.2) is 8.42 Å². The Morgan fingerprint density at radius 1 is 1.09 bits per heavy atom. The molecule has 0 atom stereocenters. The van der Waals surface area contributed by atoms with Crippen LogP contribution in [0.25, 0.3) is 10.9 Å². The maximum absolute atomic E-state index is 10.8. The molecule has 0 radical (unpaired) electrons. The topological polar surface area (TPSA) is 97.4 Å². The molecule has 2 N–H and O–H groups in total. The average Bonchev–Trinajstić information content (AvgIpc) is 2.90. The normalized spacial score (nSPS) is 11.5. The van der Waals surface area contributed by atoms with Crippen LogP contribution in [0.1, 0.15) is 5.56 Å². The van der Waals surface area contributed by atoms with Crippen molar-refractivity contribution in [3.63, 3.8) is 0 Å². The Kier molecular flexibility index (Phi) is 5.61. The van der Waals surface area contributed by atoms with Gasteiger partial charge < -0.3 is 9.54 Å². The first kappa shape index (κ1) is 17.7. The molecule has 0 amide bonds. The van der Waals surface area contributed by atoms with Gasteiger partial charge in [-0.15, -0.1) is 0 Å².